The summed E-state index contributed by atoms with van der Waals surface area (Å²) in [5.41, 5.74) is 10.1. The molecule has 2 aromatic heterocycles. The maximum Gasteiger partial charge on any atom is 0.276 e. The molecule has 0 fully saturated rings. The number of carbonyl (C=O) groups is 2. The minimum absolute atomic E-state index is 0.242. The maximum atomic E-state index is 12.5. The molecular formula is C19H17N5O2. The minimum Gasteiger partial charge on any atom is -0.399 e. The van der Waals surface area contributed by atoms with Crippen molar-refractivity contribution in [1.29, 1.82) is 0 Å². The van der Waals surface area contributed by atoms with Gasteiger partial charge in [0.25, 0.3) is 5.91 Å². The molecule has 26 heavy (non-hydrogen) atoms. The van der Waals surface area contributed by atoms with Gasteiger partial charge in [-0.3, -0.25) is 19.9 Å². The molecule has 4 N–H and O–H groups in total. The van der Waals surface area contributed by atoms with E-state index in [1.165, 1.54) is 0 Å². The molecule has 0 spiro atoms. The third-order valence-corrected chi connectivity index (χ3v) is 4.37. The molecule has 7 nitrogen and oxygen atoms in total. The van der Waals surface area contributed by atoms with Crippen LogP contribution in [0.2, 0.25) is 0 Å². The van der Waals surface area contributed by atoms with Gasteiger partial charge in [0.2, 0.25) is 5.95 Å². The first kappa shape index (κ1) is 16.0. The van der Waals surface area contributed by atoms with E-state index in [0.717, 1.165) is 30.4 Å². The van der Waals surface area contributed by atoms with Gasteiger partial charge in [-0.1, -0.05) is 12.2 Å². The molecule has 0 unspecified atom stereocenters. The molecule has 1 aromatic carbocycles. The summed E-state index contributed by atoms with van der Waals surface area (Å²) in [6, 6.07) is 4.99. The van der Waals surface area contributed by atoms with Crippen LogP contribution in [0.5, 0.6) is 0 Å². The van der Waals surface area contributed by atoms with Crippen molar-refractivity contribution in [3.8, 4) is 0 Å². The predicted molar refractivity (Wildman–Crippen MR) is 100 cm³/mol. The molecule has 0 aliphatic heterocycles. The Balaban J connectivity index is 1.63. The summed E-state index contributed by atoms with van der Waals surface area (Å²) in [6.45, 7) is 0. The number of fused-ring (bicyclic) bond motifs is 2. The molecule has 3 aromatic rings. The average molecular weight is 347 g/mol. The van der Waals surface area contributed by atoms with Gasteiger partial charge in [0.15, 0.2) is 6.29 Å². The first-order valence-corrected chi connectivity index (χ1v) is 8.35. The number of hydrogen-bond donors (Lipinski definition) is 3. The van der Waals surface area contributed by atoms with E-state index in [-0.39, 0.29) is 11.9 Å². The lowest BCUT2D eigenvalue weighted by atomic mass is 10.1. The number of imidazole rings is 1. The zero-order valence-corrected chi connectivity index (χ0v) is 14.0. The first-order chi connectivity index (χ1) is 12.6. The van der Waals surface area contributed by atoms with Gasteiger partial charge in [0.05, 0.1) is 5.52 Å². The Labute approximate surface area is 149 Å². The summed E-state index contributed by atoms with van der Waals surface area (Å²) in [7, 11) is 0. The molecule has 1 aliphatic rings. The molecule has 0 saturated heterocycles. The lowest BCUT2D eigenvalue weighted by molar-refractivity contribution is 0.102. The van der Waals surface area contributed by atoms with Crippen LogP contribution < -0.4 is 11.1 Å². The van der Waals surface area contributed by atoms with Crippen LogP contribution in [0.1, 0.15) is 44.8 Å². The molecule has 1 amide bonds. The molecule has 0 bridgehead atoms. The SMILES string of the molecule is Nc1cc(C=O)c2nc(NC(=O)c3cc4c(cn3)CCCC=C4)[nH]c2c1. The molecule has 0 saturated carbocycles. The van der Waals surface area contributed by atoms with Crippen LogP contribution in [0.3, 0.4) is 0 Å². The highest BCUT2D eigenvalue weighted by Gasteiger charge is 2.15. The number of nitrogens with two attached hydrogens (primary N) is 1. The second kappa shape index (κ2) is 6.44. The molecule has 1 aliphatic carbocycles. The van der Waals surface area contributed by atoms with E-state index in [1.54, 1.807) is 24.4 Å². The average Bonchev–Trinajstić information content (AvgIpc) is 2.88. The number of aldehydes is 1. The van der Waals surface area contributed by atoms with Crippen molar-refractivity contribution in [2.75, 3.05) is 11.1 Å². The molecule has 130 valence electrons. The van der Waals surface area contributed by atoms with Crippen LogP contribution in [-0.4, -0.2) is 27.1 Å². The summed E-state index contributed by atoms with van der Waals surface area (Å²) in [4.78, 5) is 35.2. The molecule has 0 atom stereocenters. The zero-order valence-electron chi connectivity index (χ0n) is 14.0. The fourth-order valence-corrected chi connectivity index (χ4v) is 3.10. The summed E-state index contributed by atoms with van der Waals surface area (Å²) in [6.07, 6.45) is 9.64. The summed E-state index contributed by atoms with van der Waals surface area (Å²) in [5.74, 6) is -0.129. The Morgan fingerprint density at radius 2 is 2.19 bits per heavy atom. The van der Waals surface area contributed by atoms with E-state index in [9.17, 15) is 9.59 Å². The summed E-state index contributed by atoms with van der Waals surface area (Å²) >= 11 is 0. The van der Waals surface area contributed by atoms with Gasteiger partial charge < -0.3 is 10.7 Å². The third-order valence-electron chi connectivity index (χ3n) is 4.37. The third kappa shape index (κ3) is 2.95. The van der Waals surface area contributed by atoms with E-state index in [1.807, 2.05) is 6.08 Å². The number of carbonyl (C=O) groups excluding carboxylic acids is 2. The number of nitrogen functional groups attached to an aromatic ring is 1. The minimum atomic E-state index is -0.370. The number of aromatic nitrogens is 3. The van der Waals surface area contributed by atoms with Crippen LogP contribution >= 0.6 is 0 Å². The lowest BCUT2D eigenvalue weighted by Gasteiger charge is -2.06. The van der Waals surface area contributed by atoms with Crippen LogP contribution in [0.25, 0.3) is 17.1 Å². The molecule has 4 rings (SSSR count). The Hall–Kier alpha value is -3.48. The predicted octanol–water partition coefficient (Wildman–Crippen LogP) is 2.95. The number of nitrogens with zero attached hydrogens (tertiary/aromatic N) is 2. The topological polar surface area (TPSA) is 114 Å². The van der Waals surface area contributed by atoms with Crippen LogP contribution in [0.4, 0.5) is 11.6 Å². The fraction of sp³-hybridized carbons (Fsp3) is 0.158. The lowest BCUT2D eigenvalue weighted by Crippen LogP contribution is -2.15. The number of aryl methyl sites for hydroxylation is 1. The maximum absolute atomic E-state index is 12.5. The van der Waals surface area contributed by atoms with Crippen molar-refractivity contribution in [2.45, 2.75) is 19.3 Å². The number of rotatable bonds is 3. The normalized spacial score (nSPS) is 13.2. The van der Waals surface area contributed by atoms with Crippen molar-refractivity contribution in [2.24, 2.45) is 0 Å². The standard InChI is InChI=1S/C19H17N5O2/c20-14-6-13(10-25)17-15(8-14)22-19(23-17)24-18(26)16-7-11-4-2-1-3-5-12(11)9-21-16/h2,4,6-10H,1,3,5,20H2,(H2,22,23,24,26). The number of benzene rings is 1. The number of allylic oxidation sites excluding steroid dienone is 1. The van der Waals surface area contributed by atoms with Crippen molar-refractivity contribution < 1.29 is 9.59 Å². The molecule has 0 radical (unpaired) electrons. The van der Waals surface area contributed by atoms with Gasteiger partial charge in [-0.25, -0.2) is 4.98 Å². The highest BCUT2D eigenvalue weighted by atomic mass is 16.2. The number of aromatic amines is 1. The van der Waals surface area contributed by atoms with Crippen LogP contribution in [-0.2, 0) is 6.42 Å². The molecular weight excluding hydrogens is 330 g/mol. The van der Waals surface area contributed by atoms with Crippen LogP contribution in [0, 0.1) is 0 Å². The number of hydrogen-bond acceptors (Lipinski definition) is 5. The summed E-state index contributed by atoms with van der Waals surface area (Å²) in [5, 5.41) is 2.69. The van der Waals surface area contributed by atoms with Crippen molar-refractivity contribution >= 4 is 40.9 Å². The van der Waals surface area contributed by atoms with Crippen molar-refractivity contribution in [3.63, 3.8) is 0 Å². The Morgan fingerprint density at radius 3 is 3.04 bits per heavy atom. The van der Waals surface area contributed by atoms with Gasteiger partial charge in [-0.05, 0) is 48.6 Å². The smallest absolute Gasteiger partial charge is 0.276 e. The van der Waals surface area contributed by atoms with E-state index in [2.05, 4.69) is 26.3 Å². The number of amides is 1. The quantitative estimate of drug-likeness (QED) is 0.498. The second-order valence-electron chi connectivity index (χ2n) is 6.23. The van der Waals surface area contributed by atoms with Gasteiger partial charge in [-0.15, -0.1) is 0 Å². The van der Waals surface area contributed by atoms with Crippen LogP contribution in [0.15, 0.2) is 30.5 Å². The van der Waals surface area contributed by atoms with E-state index in [0.29, 0.717) is 34.3 Å². The Morgan fingerprint density at radius 1 is 1.31 bits per heavy atom. The van der Waals surface area contributed by atoms with Gasteiger partial charge in [0, 0.05) is 17.4 Å². The molecule has 2 heterocycles. The van der Waals surface area contributed by atoms with E-state index >= 15 is 0 Å². The summed E-state index contributed by atoms with van der Waals surface area (Å²) < 4.78 is 0. The fourth-order valence-electron chi connectivity index (χ4n) is 3.10. The Kier molecular flexibility index (Phi) is 3.96. The number of pyridine rings is 1. The van der Waals surface area contributed by atoms with Crippen molar-refractivity contribution in [1.82, 2.24) is 15.0 Å². The van der Waals surface area contributed by atoms with E-state index < -0.39 is 0 Å². The van der Waals surface area contributed by atoms with E-state index in [4.69, 9.17) is 5.73 Å². The Bertz CT molecular complexity index is 1050. The van der Waals surface area contributed by atoms with Gasteiger partial charge in [-0.2, -0.15) is 0 Å². The van der Waals surface area contributed by atoms with Gasteiger partial charge >= 0.3 is 0 Å². The highest BCUT2D eigenvalue weighted by Crippen LogP contribution is 2.22. The zero-order chi connectivity index (χ0) is 18.1. The first-order valence-electron chi connectivity index (χ1n) is 8.35. The monoisotopic (exact) mass is 347 g/mol. The number of H-pyrrole nitrogens is 1. The highest BCUT2D eigenvalue weighted by molar-refractivity contribution is 6.04. The number of nitrogens with one attached hydrogen (secondary N) is 2. The van der Waals surface area contributed by atoms with Crippen molar-refractivity contribution in [3.05, 3.63) is 52.9 Å². The number of anilines is 2. The second-order valence-corrected chi connectivity index (χ2v) is 6.23. The largest absolute Gasteiger partial charge is 0.399 e. The van der Waals surface area contributed by atoms with Gasteiger partial charge in [0.1, 0.15) is 11.2 Å². The molecule has 7 heteroatoms.